The van der Waals surface area contributed by atoms with Crippen LogP contribution < -0.4 is 42.4 Å². The number of hydrogen-bond donors (Lipinski definition) is 0. The molecule has 0 aromatic heterocycles. The summed E-state index contributed by atoms with van der Waals surface area (Å²) in [5, 5.41) is 0. The molecular weight excluding hydrogens is 926 g/mol. The van der Waals surface area contributed by atoms with E-state index in [0.717, 1.165) is 0 Å². The van der Waals surface area contributed by atoms with Crippen LogP contribution in [0.3, 0.4) is 0 Å². The summed E-state index contributed by atoms with van der Waals surface area (Å²) in [7, 11) is -11.8. The van der Waals surface area contributed by atoms with Crippen molar-refractivity contribution in [1.82, 2.24) is 0 Å². The largest absolute Gasteiger partial charge is 0.745 e. The van der Waals surface area contributed by atoms with Gasteiger partial charge in [-0.25, -0.2) is 25.6 Å². The van der Waals surface area contributed by atoms with Crippen molar-refractivity contribution in [3.63, 3.8) is 0 Å². The summed E-state index contributed by atoms with van der Waals surface area (Å²) in [5.41, 5.74) is -5.96. The number of aryl methyl sites for hydroxylation is 2. The molecule has 0 aliphatic rings. The molecule has 264 valence electrons. The normalized spacial score (nSPS) is 12.9. The van der Waals surface area contributed by atoms with Gasteiger partial charge in [-0.05, 0) is 62.4 Å². The van der Waals surface area contributed by atoms with E-state index in [0.29, 0.717) is 0 Å². The molecule has 2 unspecified atom stereocenters. The summed E-state index contributed by atoms with van der Waals surface area (Å²) < 4.78 is 151. The predicted molar refractivity (Wildman–Crippen MR) is 151 cm³/mol. The number of alkyl halides is 8. The molecule has 0 N–H and O–H groups in total. The third-order valence-electron chi connectivity index (χ3n) is 4.95. The Balaban J connectivity index is 0.000000325. The van der Waals surface area contributed by atoms with Gasteiger partial charge in [-0.15, -0.1) is 0 Å². The first kappa shape index (κ1) is 43.6. The highest BCUT2D eigenvalue weighted by atomic mass is 127. The maximum Gasteiger partial charge on any atom is 0.433 e. The molecule has 0 radical (unpaired) electrons. The monoisotopic (exact) mass is 952 g/mol. The number of halogens is 10. The quantitative estimate of drug-likeness (QED) is 0.162. The van der Waals surface area contributed by atoms with Crippen molar-refractivity contribution in [3.05, 3.63) is 135 Å². The van der Waals surface area contributed by atoms with Crippen molar-refractivity contribution in [2.24, 2.45) is 0 Å². The van der Waals surface area contributed by atoms with Gasteiger partial charge in [0.1, 0.15) is 20.2 Å². The molecule has 6 nitrogen and oxygen atoms in total. The lowest BCUT2D eigenvalue weighted by atomic mass is 10.2. The number of hydrogen-bond acceptors (Lipinski definition) is 6. The lowest BCUT2D eigenvalue weighted by Gasteiger charge is -2.14. The summed E-state index contributed by atoms with van der Waals surface area (Å²) in [6.07, 6.45) is -11.2. The highest BCUT2D eigenvalue weighted by Gasteiger charge is 2.45. The maximum atomic E-state index is 11.4. The molecule has 0 saturated heterocycles. The van der Waals surface area contributed by atoms with E-state index in [9.17, 15) is 61.1 Å². The molecule has 18 heteroatoms. The highest BCUT2D eigenvalue weighted by molar-refractivity contribution is 7.86. The van der Waals surface area contributed by atoms with E-state index in [1.54, 1.807) is 0 Å². The molecule has 4 aromatic carbocycles. The van der Waals surface area contributed by atoms with Crippen LogP contribution in [0.1, 0.15) is 11.1 Å². The Bertz CT molecular complexity index is 1590. The number of benzene rings is 4. The molecule has 0 bridgehead atoms. The van der Waals surface area contributed by atoms with Gasteiger partial charge in [-0.2, -0.15) is 26.3 Å². The van der Waals surface area contributed by atoms with Gasteiger partial charge in [0.05, 0.1) is 0 Å². The van der Waals surface area contributed by atoms with Crippen LogP contribution in [0.25, 0.3) is 0 Å². The third-order valence-corrected chi connectivity index (χ3v) is 11.9. The molecule has 0 amide bonds. The fraction of sp³-hybridized carbons (Fsp3) is 0.200. The second-order valence-corrected chi connectivity index (χ2v) is 17.9. The second kappa shape index (κ2) is 19.7. The standard InChI is InChI=1S/2C13H12I.2C2H2F4O3S/c2*1-11-7-9-13(10-8-11)14-12-5-3-2-4-6-12;2*3-1(2(4,5)6)10(7,8)9/h2*2-10H,1H3;2*1H,(H,7,8,9)/q2*+1;;/p-2. The minimum atomic E-state index is -5.90. The zero-order chi connectivity index (χ0) is 36.8. The van der Waals surface area contributed by atoms with E-state index in [2.05, 4.69) is 123 Å². The van der Waals surface area contributed by atoms with Crippen LogP contribution in [0.5, 0.6) is 0 Å². The molecule has 0 aliphatic heterocycles. The number of rotatable bonds is 6. The first-order chi connectivity index (χ1) is 22.0. The Morgan fingerprint density at radius 3 is 0.896 bits per heavy atom. The van der Waals surface area contributed by atoms with Crippen LogP contribution in [0.4, 0.5) is 35.1 Å². The summed E-state index contributed by atoms with van der Waals surface area (Å²) in [5.74, 6) is 0. The first-order valence-corrected chi connectivity index (χ1v) is 20.1. The van der Waals surface area contributed by atoms with Crippen molar-refractivity contribution >= 4 is 20.2 Å². The van der Waals surface area contributed by atoms with Crippen molar-refractivity contribution in [3.8, 4) is 0 Å². The third kappa shape index (κ3) is 18.4. The maximum absolute atomic E-state index is 11.4. The first-order valence-electron chi connectivity index (χ1n) is 12.8. The van der Waals surface area contributed by atoms with Crippen molar-refractivity contribution in [2.75, 3.05) is 0 Å². The average molecular weight is 952 g/mol. The van der Waals surface area contributed by atoms with Crippen molar-refractivity contribution in [1.29, 1.82) is 0 Å². The SMILES string of the molecule is Cc1ccc([I+]c2ccccc2)cc1.Cc1ccc([I+]c2ccccc2)cc1.O=S(=O)([O-])C(F)C(F)(F)F.O=S(=O)([O-])C(F)C(F)(F)F. The predicted octanol–water partition coefficient (Wildman–Crippen LogP) is 1.03. The van der Waals surface area contributed by atoms with Gasteiger partial charge >= 0.3 is 54.8 Å². The zero-order valence-corrected chi connectivity index (χ0v) is 30.5. The van der Waals surface area contributed by atoms with Crippen LogP contribution in [-0.2, 0) is 20.2 Å². The summed E-state index contributed by atoms with van der Waals surface area (Å²) in [6, 6.07) is 39.2. The van der Waals surface area contributed by atoms with Crippen molar-refractivity contribution < 1.29 is 103 Å². The van der Waals surface area contributed by atoms with E-state index in [-0.39, 0.29) is 42.4 Å². The molecular formula is C30H26F8I2O6S2. The topological polar surface area (TPSA) is 114 Å². The van der Waals surface area contributed by atoms with Crippen LogP contribution in [0, 0.1) is 28.1 Å². The van der Waals surface area contributed by atoms with Crippen LogP contribution >= 0.6 is 0 Å². The van der Waals surface area contributed by atoms with E-state index in [1.807, 2.05) is 0 Å². The highest BCUT2D eigenvalue weighted by Crippen LogP contribution is 2.26. The van der Waals surface area contributed by atoms with Gasteiger partial charge in [-0.3, -0.25) is 0 Å². The van der Waals surface area contributed by atoms with Gasteiger partial charge in [0.25, 0.3) is 11.0 Å². The minimum Gasteiger partial charge on any atom is -0.745 e. The minimum absolute atomic E-state index is 0.0159. The fourth-order valence-electron chi connectivity index (χ4n) is 2.73. The summed E-state index contributed by atoms with van der Waals surface area (Å²) in [4.78, 5) is 0. The zero-order valence-electron chi connectivity index (χ0n) is 24.6. The molecule has 0 aliphatic carbocycles. The Labute approximate surface area is 293 Å². The lowest BCUT2D eigenvalue weighted by Crippen LogP contribution is -3.61. The van der Waals surface area contributed by atoms with Gasteiger partial charge < -0.3 is 9.11 Å². The van der Waals surface area contributed by atoms with Crippen LogP contribution in [0.2, 0.25) is 0 Å². The molecule has 0 heterocycles. The van der Waals surface area contributed by atoms with E-state index in [1.165, 1.54) is 25.4 Å². The smallest absolute Gasteiger partial charge is 0.433 e. The summed E-state index contributed by atoms with van der Waals surface area (Å²) >= 11 is 0.0318. The van der Waals surface area contributed by atoms with Crippen molar-refractivity contribution in [2.45, 2.75) is 37.2 Å². The van der Waals surface area contributed by atoms with E-state index >= 15 is 0 Å². The molecule has 4 aromatic rings. The molecule has 48 heavy (non-hydrogen) atoms. The Kier molecular flexibility index (Phi) is 17.9. The lowest BCUT2D eigenvalue weighted by molar-refractivity contribution is -0.597. The van der Waals surface area contributed by atoms with Gasteiger partial charge in [-0.1, -0.05) is 71.8 Å². The average Bonchev–Trinajstić information content (AvgIpc) is 2.99. The molecule has 0 fully saturated rings. The summed E-state index contributed by atoms with van der Waals surface area (Å²) in [6.45, 7) is 4.26. The van der Waals surface area contributed by atoms with Crippen LogP contribution in [-0.4, -0.2) is 49.3 Å². The molecule has 2 atom stereocenters. The Hall–Kier alpha value is -2.40. The molecule has 0 saturated carbocycles. The van der Waals surface area contributed by atoms with Gasteiger partial charge in [0, 0.05) is 0 Å². The van der Waals surface area contributed by atoms with Crippen LogP contribution in [0.15, 0.2) is 109 Å². The van der Waals surface area contributed by atoms with Gasteiger partial charge in [0.2, 0.25) is 0 Å². The second-order valence-electron chi connectivity index (χ2n) is 9.07. The van der Waals surface area contributed by atoms with Gasteiger partial charge in [0.15, 0.2) is 14.3 Å². The van der Waals surface area contributed by atoms with E-state index in [4.69, 9.17) is 0 Å². The Morgan fingerprint density at radius 2 is 0.708 bits per heavy atom. The molecule has 4 rings (SSSR count). The fourth-order valence-corrected chi connectivity index (χ4v) is 7.81. The van der Waals surface area contributed by atoms with E-state index < -0.39 is 43.6 Å². The Morgan fingerprint density at radius 1 is 0.479 bits per heavy atom. The molecule has 0 spiro atoms.